The maximum atomic E-state index is 12.9. The van der Waals surface area contributed by atoms with Crippen LogP contribution in [0.3, 0.4) is 0 Å². The molecule has 0 saturated carbocycles. The standard InChI is InChI=1S/C23H18F3N7/c24-23(25,26)17-9-7-8-16(14-17)15-27-33-22-31-20(28-18-10-3-1-4-11-18)30-21(32-22)29-19-12-5-2-6-13-19/h1-15H,(H3,28,29,30,31,32,33)/b27-15-. The number of rotatable bonds is 7. The molecule has 166 valence electrons. The van der Waals surface area contributed by atoms with Crippen molar-refractivity contribution in [2.75, 3.05) is 16.1 Å². The summed E-state index contributed by atoms with van der Waals surface area (Å²) in [7, 11) is 0. The van der Waals surface area contributed by atoms with Crippen LogP contribution in [0.2, 0.25) is 0 Å². The number of aromatic nitrogens is 3. The molecule has 0 aliphatic rings. The average Bonchev–Trinajstić information content (AvgIpc) is 2.80. The number of alkyl halides is 3. The van der Waals surface area contributed by atoms with Crippen molar-refractivity contribution < 1.29 is 13.2 Å². The molecular weight excluding hydrogens is 431 g/mol. The van der Waals surface area contributed by atoms with E-state index < -0.39 is 11.7 Å². The van der Waals surface area contributed by atoms with Gasteiger partial charge in [-0.25, -0.2) is 5.43 Å². The average molecular weight is 449 g/mol. The summed E-state index contributed by atoms with van der Waals surface area (Å²) in [6.07, 6.45) is -3.17. The zero-order valence-corrected chi connectivity index (χ0v) is 17.1. The third kappa shape index (κ3) is 6.26. The molecule has 0 fully saturated rings. The highest BCUT2D eigenvalue weighted by atomic mass is 19.4. The summed E-state index contributed by atoms with van der Waals surface area (Å²) in [5.74, 6) is 0.614. The molecule has 10 heteroatoms. The Kier molecular flexibility index (Phi) is 6.44. The summed E-state index contributed by atoms with van der Waals surface area (Å²) < 4.78 is 38.7. The highest BCUT2D eigenvalue weighted by Gasteiger charge is 2.30. The molecule has 0 spiro atoms. The van der Waals surface area contributed by atoms with Crippen molar-refractivity contribution in [1.82, 2.24) is 15.0 Å². The second-order valence-electron chi connectivity index (χ2n) is 6.78. The molecule has 0 aliphatic heterocycles. The molecule has 0 radical (unpaired) electrons. The molecule has 0 aliphatic carbocycles. The van der Waals surface area contributed by atoms with E-state index in [0.717, 1.165) is 23.5 Å². The number of hydrogen-bond acceptors (Lipinski definition) is 7. The van der Waals surface area contributed by atoms with Crippen LogP contribution in [0, 0.1) is 0 Å². The Labute approximate surface area is 187 Å². The third-order valence-electron chi connectivity index (χ3n) is 4.29. The second kappa shape index (κ2) is 9.77. The fourth-order valence-corrected chi connectivity index (χ4v) is 2.80. The van der Waals surface area contributed by atoms with Gasteiger partial charge in [0.25, 0.3) is 0 Å². The third-order valence-corrected chi connectivity index (χ3v) is 4.29. The number of hydrazone groups is 1. The van der Waals surface area contributed by atoms with Crippen molar-refractivity contribution in [1.29, 1.82) is 0 Å². The minimum atomic E-state index is -4.43. The molecule has 0 saturated heterocycles. The van der Waals surface area contributed by atoms with Gasteiger partial charge in [0, 0.05) is 11.4 Å². The lowest BCUT2D eigenvalue weighted by Gasteiger charge is -2.10. The molecule has 1 aromatic heterocycles. The van der Waals surface area contributed by atoms with Crippen LogP contribution in [0.5, 0.6) is 0 Å². The van der Waals surface area contributed by atoms with Gasteiger partial charge in [0.05, 0.1) is 11.8 Å². The van der Waals surface area contributed by atoms with E-state index in [1.54, 1.807) is 0 Å². The normalized spacial score (nSPS) is 11.4. The van der Waals surface area contributed by atoms with E-state index in [1.165, 1.54) is 18.3 Å². The molecule has 7 nitrogen and oxygen atoms in total. The minimum absolute atomic E-state index is 0.102. The maximum Gasteiger partial charge on any atom is 0.416 e. The maximum absolute atomic E-state index is 12.9. The van der Waals surface area contributed by atoms with Crippen LogP contribution in [0.15, 0.2) is 90.0 Å². The molecule has 1 heterocycles. The largest absolute Gasteiger partial charge is 0.416 e. The number of halogens is 3. The van der Waals surface area contributed by atoms with Crippen LogP contribution in [-0.2, 0) is 6.18 Å². The smallest absolute Gasteiger partial charge is 0.324 e. The van der Waals surface area contributed by atoms with Gasteiger partial charge < -0.3 is 10.6 Å². The van der Waals surface area contributed by atoms with Crippen LogP contribution in [0.4, 0.5) is 42.4 Å². The van der Waals surface area contributed by atoms with E-state index in [9.17, 15) is 13.2 Å². The molecule has 3 aromatic carbocycles. The second-order valence-corrected chi connectivity index (χ2v) is 6.78. The number of para-hydroxylation sites is 2. The summed E-state index contributed by atoms with van der Waals surface area (Å²) in [6.45, 7) is 0. The Bertz CT molecular complexity index is 1170. The van der Waals surface area contributed by atoms with Gasteiger partial charge in [-0.3, -0.25) is 0 Å². The highest BCUT2D eigenvalue weighted by molar-refractivity contribution is 5.80. The van der Waals surface area contributed by atoms with Gasteiger partial charge in [-0.05, 0) is 42.0 Å². The van der Waals surface area contributed by atoms with Gasteiger partial charge in [-0.2, -0.15) is 33.2 Å². The fraction of sp³-hybridized carbons (Fsp3) is 0.0435. The number of nitrogens with one attached hydrogen (secondary N) is 3. The number of benzene rings is 3. The molecule has 0 bridgehead atoms. The molecule has 0 amide bonds. The van der Waals surface area contributed by atoms with E-state index in [2.05, 4.69) is 36.1 Å². The first-order chi connectivity index (χ1) is 16.0. The molecule has 33 heavy (non-hydrogen) atoms. The quantitative estimate of drug-likeness (QED) is 0.243. The Morgan fingerprint density at radius 2 is 1.21 bits per heavy atom. The van der Waals surface area contributed by atoms with Crippen molar-refractivity contribution in [2.24, 2.45) is 5.10 Å². The van der Waals surface area contributed by atoms with Gasteiger partial charge in [0.2, 0.25) is 17.8 Å². The van der Waals surface area contributed by atoms with E-state index in [-0.39, 0.29) is 23.4 Å². The molecule has 4 aromatic rings. The van der Waals surface area contributed by atoms with Crippen molar-refractivity contribution in [3.63, 3.8) is 0 Å². The topological polar surface area (TPSA) is 87.1 Å². The molecular formula is C23H18F3N7. The van der Waals surface area contributed by atoms with E-state index in [1.807, 2.05) is 60.7 Å². The first kappa shape index (κ1) is 21.8. The molecule has 3 N–H and O–H groups in total. The van der Waals surface area contributed by atoms with Crippen LogP contribution < -0.4 is 16.1 Å². The van der Waals surface area contributed by atoms with Gasteiger partial charge in [-0.1, -0.05) is 48.5 Å². The van der Waals surface area contributed by atoms with Crippen molar-refractivity contribution in [2.45, 2.75) is 6.18 Å². The predicted molar refractivity (Wildman–Crippen MR) is 122 cm³/mol. The lowest BCUT2D eigenvalue weighted by Crippen LogP contribution is -2.07. The first-order valence-corrected chi connectivity index (χ1v) is 9.82. The summed E-state index contributed by atoms with van der Waals surface area (Å²) >= 11 is 0. The predicted octanol–water partition coefficient (Wildman–Crippen LogP) is 5.82. The monoisotopic (exact) mass is 449 g/mol. The van der Waals surface area contributed by atoms with Gasteiger partial charge in [-0.15, -0.1) is 0 Å². The number of hydrogen-bond donors (Lipinski definition) is 3. The van der Waals surface area contributed by atoms with Crippen LogP contribution in [0.1, 0.15) is 11.1 Å². The summed E-state index contributed by atoms with van der Waals surface area (Å²) in [5, 5.41) is 10.1. The van der Waals surface area contributed by atoms with Crippen LogP contribution >= 0.6 is 0 Å². The van der Waals surface area contributed by atoms with Crippen molar-refractivity contribution >= 4 is 35.4 Å². The first-order valence-electron chi connectivity index (χ1n) is 9.82. The van der Waals surface area contributed by atoms with Crippen LogP contribution in [-0.4, -0.2) is 21.2 Å². The van der Waals surface area contributed by atoms with Crippen molar-refractivity contribution in [3.8, 4) is 0 Å². The fourth-order valence-electron chi connectivity index (χ4n) is 2.80. The highest BCUT2D eigenvalue weighted by Crippen LogP contribution is 2.29. The Morgan fingerprint density at radius 3 is 1.76 bits per heavy atom. The van der Waals surface area contributed by atoms with Crippen LogP contribution in [0.25, 0.3) is 0 Å². The lowest BCUT2D eigenvalue weighted by atomic mass is 10.1. The van der Waals surface area contributed by atoms with E-state index >= 15 is 0 Å². The van der Waals surface area contributed by atoms with Gasteiger partial charge in [0.1, 0.15) is 0 Å². The summed E-state index contributed by atoms with van der Waals surface area (Å²) in [4.78, 5) is 12.9. The molecule has 0 unspecified atom stereocenters. The zero-order chi connectivity index (χ0) is 23.1. The molecule has 4 rings (SSSR count). The van der Waals surface area contributed by atoms with Crippen molar-refractivity contribution in [3.05, 3.63) is 96.1 Å². The van der Waals surface area contributed by atoms with E-state index in [0.29, 0.717) is 0 Å². The zero-order valence-electron chi connectivity index (χ0n) is 17.1. The summed E-state index contributed by atoms with van der Waals surface area (Å²) in [6, 6.07) is 23.5. The van der Waals surface area contributed by atoms with Gasteiger partial charge in [0.15, 0.2) is 0 Å². The Hall–Kier alpha value is -4.47. The van der Waals surface area contributed by atoms with Gasteiger partial charge >= 0.3 is 6.18 Å². The summed E-state index contributed by atoms with van der Waals surface area (Å²) in [5.41, 5.74) is 3.71. The minimum Gasteiger partial charge on any atom is -0.324 e. The number of nitrogens with zero attached hydrogens (tertiary/aromatic N) is 4. The SMILES string of the molecule is FC(F)(F)c1cccc(/C=N\Nc2nc(Nc3ccccc3)nc(Nc3ccccc3)n2)c1. The van der Waals surface area contributed by atoms with E-state index in [4.69, 9.17) is 0 Å². The number of anilines is 5. The Morgan fingerprint density at radius 1 is 0.667 bits per heavy atom. The lowest BCUT2D eigenvalue weighted by molar-refractivity contribution is -0.137. The molecule has 0 atom stereocenters. The Balaban J connectivity index is 1.56.